The SMILES string of the molecule is Cc1ccc(COc2cccc(-c3ccc(Cc4nc5ccc(C(=O)O)cc5n4[C@@H]4CCOC4)c(F)c3)n2)c(F)c1. The van der Waals surface area contributed by atoms with Crippen molar-refractivity contribution in [2.75, 3.05) is 13.2 Å². The summed E-state index contributed by atoms with van der Waals surface area (Å²) < 4.78 is 42.9. The van der Waals surface area contributed by atoms with E-state index in [1.165, 1.54) is 18.2 Å². The highest BCUT2D eigenvalue weighted by Crippen LogP contribution is 2.30. The molecule has 0 saturated carbocycles. The van der Waals surface area contributed by atoms with Crippen molar-refractivity contribution < 1.29 is 28.2 Å². The number of benzene rings is 3. The normalized spacial score (nSPS) is 15.0. The Kier molecular flexibility index (Phi) is 7.19. The highest BCUT2D eigenvalue weighted by Gasteiger charge is 2.24. The van der Waals surface area contributed by atoms with Crippen LogP contribution in [0.25, 0.3) is 22.3 Å². The van der Waals surface area contributed by atoms with Crippen LogP contribution in [0.1, 0.15) is 45.3 Å². The zero-order chi connectivity index (χ0) is 28.5. The molecule has 0 radical (unpaired) electrons. The van der Waals surface area contributed by atoms with Gasteiger partial charge in [0.2, 0.25) is 5.88 Å². The molecule has 5 aromatic rings. The van der Waals surface area contributed by atoms with E-state index in [1.807, 2.05) is 17.6 Å². The third kappa shape index (κ3) is 5.53. The molecule has 3 aromatic carbocycles. The molecule has 7 nitrogen and oxygen atoms in total. The molecule has 1 N–H and O–H groups in total. The predicted molar refractivity (Wildman–Crippen MR) is 149 cm³/mol. The molecule has 0 unspecified atom stereocenters. The minimum atomic E-state index is -1.02. The standard InChI is InChI=1S/C32H27F2N3O4/c1-19-5-6-23(25(33)13-19)17-41-31-4-2-3-27(36-31)21-8-7-20(26(34)14-21)16-30-35-28-10-9-22(32(38)39)15-29(28)37(30)24-11-12-40-18-24/h2-10,13-15,24H,11-12,16-18H2,1H3,(H,38,39)/t24-/m1/s1. The summed E-state index contributed by atoms with van der Waals surface area (Å²) in [6.45, 7) is 2.93. The van der Waals surface area contributed by atoms with Crippen LogP contribution in [0.4, 0.5) is 8.78 Å². The monoisotopic (exact) mass is 555 g/mol. The Morgan fingerprint density at radius 1 is 1.02 bits per heavy atom. The van der Waals surface area contributed by atoms with Crippen molar-refractivity contribution in [1.29, 1.82) is 0 Å². The molecular formula is C32H27F2N3O4. The van der Waals surface area contributed by atoms with Crippen LogP contribution in [0.3, 0.4) is 0 Å². The summed E-state index contributed by atoms with van der Waals surface area (Å²) in [5.41, 5.74) is 4.31. The van der Waals surface area contributed by atoms with Gasteiger partial charge < -0.3 is 19.1 Å². The van der Waals surface area contributed by atoms with Crippen LogP contribution in [0.5, 0.6) is 5.88 Å². The molecule has 6 rings (SSSR count). The quantitative estimate of drug-likeness (QED) is 0.235. The van der Waals surface area contributed by atoms with E-state index in [2.05, 4.69) is 4.98 Å². The average molecular weight is 556 g/mol. The molecule has 1 atom stereocenters. The predicted octanol–water partition coefficient (Wildman–Crippen LogP) is 6.51. The lowest BCUT2D eigenvalue weighted by Crippen LogP contribution is -2.13. The molecular weight excluding hydrogens is 528 g/mol. The van der Waals surface area contributed by atoms with Gasteiger partial charge in [-0.25, -0.2) is 23.5 Å². The molecule has 0 bridgehead atoms. The summed E-state index contributed by atoms with van der Waals surface area (Å²) in [7, 11) is 0. The van der Waals surface area contributed by atoms with Gasteiger partial charge in [-0.05, 0) is 60.9 Å². The number of rotatable bonds is 8. The molecule has 1 saturated heterocycles. The van der Waals surface area contributed by atoms with E-state index in [0.717, 1.165) is 12.0 Å². The second-order valence-electron chi connectivity index (χ2n) is 10.2. The van der Waals surface area contributed by atoms with Crippen LogP contribution < -0.4 is 4.74 Å². The smallest absolute Gasteiger partial charge is 0.335 e. The number of hydrogen-bond donors (Lipinski definition) is 1. The molecule has 1 aliphatic heterocycles. The van der Waals surface area contributed by atoms with Gasteiger partial charge in [0, 0.05) is 30.2 Å². The molecule has 0 aliphatic carbocycles. The third-order valence-electron chi connectivity index (χ3n) is 7.29. The number of ether oxygens (including phenoxy) is 2. The average Bonchev–Trinajstić information content (AvgIpc) is 3.61. The maximum absolute atomic E-state index is 15.5. The van der Waals surface area contributed by atoms with Gasteiger partial charge in [0.25, 0.3) is 0 Å². The number of aromatic carboxylic acids is 1. The Labute approximate surface area is 235 Å². The summed E-state index contributed by atoms with van der Waals surface area (Å²) in [4.78, 5) is 20.8. The largest absolute Gasteiger partial charge is 0.478 e. The first-order valence-corrected chi connectivity index (χ1v) is 13.3. The number of nitrogens with zero attached hydrogens (tertiary/aromatic N) is 3. The summed E-state index contributed by atoms with van der Waals surface area (Å²) >= 11 is 0. The van der Waals surface area contributed by atoms with E-state index < -0.39 is 11.8 Å². The Hall–Kier alpha value is -4.63. The first kappa shape index (κ1) is 26.6. The van der Waals surface area contributed by atoms with Gasteiger partial charge in [0.1, 0.15) is 24.1 Å². The molecule has 2 aromatic heterocycles. The van der Waals surface area contributed by atoms with E-state index >= 15 is 4.39 Å². The molecule has 3 heterocycles. The van der Waals surface area contributed by atoms with Gasteiger partial charge in [0.05, 0.1) is 34.9 Å². The number of carbonyl (C=O) groups is 1. The fourth-order valence-electron chi connectivity index (χ4n) is 5.13. The first-order valence-electron chi connectivity index (χ1n) is 13.3. The number of carboxylic acid groups (broad SMARTS) is 1. The summed E-state index contributed by atoms with van der Waals surface area (Å²) in [5.74, 6) is -0.822. The number of aryl methyl sites for hydroxylation is 1. The molecule has 41 heavy (non-hydrogen) atoms. The van der Waals surface area contributed by atoms with E-state index in [9.17, 15) is 14.3 Å². The summed E-state index contributed by atoms with van der Waals surface area (Å²) in [6, 6.07) is 19.9. The van der Waals surface area contributed by atoms with Crippen molar-refractivity contribution in [1.82, 2.24) is 14.5 Å². The zero-order valence-corrected chi connectivity index (χ0v) is 22.3. The van der Waals surface area contributed by atoms with Crippen molar-refractivity contribution in [3.63, 3.8) is 0 Å². The second kappa shape index (κ2) is 11.1. The van der Waals surface area contributed by atoms with E-state index in [-0.39, 0.29) is 30.5 Å². The molecule has 0 amide bonds. The molecule has 208 valence electrons. The number of carboxylic acids is 1. The number of aromatic nitrogens is 3. The van der Waals surface area contributed by atoms with E-state index in [4.69, 9.17) is 14.5 Å². The van der Waals surface area contributed by atoms with Crippen LogP contribution in [0, 0.1) is 18.6 Å². The lowest BCUT2D eigenvalue weighted by atomic mass is 10.0. The third-order valence-corrected chi connectivity index (χ3v) is 7.29. The Morgan fingerprint density at radius 3 is 2.61 bits per heavy atom. The first-order chi connectivity index (χ1) is 19.9. The Balaban J connectivity index is 1.25. The van der Waals surface area contributed by atoms with Gasteiger partial charge in [-0.1, -0.05) is 30.3 Å². The lowest BCUT2D eigenvalue weighted by Gasteiger charge is -2.16. The fraction of sp³-hybridized carbons (Fsp3) is 0.219. The van der Waals surface area contributed by atoms with Crippen LogP contribution in [0.15, 0.2) is 72.8 Å². The molecule has 1 fully saturated rings. The molecule has 9 heteroatoms. The number of imidazole rings is 1. The van der Waals surface area contributed by atoms with Gasteiger partial charge in [-0.15, -0.1) is 0 Å². The molecule has 1 aliphatic rings. The van der Waals surface area contributed by atoms with Gasteiger partial charge >= 0.3 is 5.97 Å². The number of fused-ring (bicyclic) bond motifs is 1. The zero-order valence-electron chi connectivity index (χ0n) is 22.3. The van der Waals surface area contributed by atoms with E-state index in [1.54, 1.807) is 48.5 Å². The van der Waals surface area contributed by atoms with Crippen LogP contribution in [0.2, 0.25) is 0 Å². The minimum absolute atomic E-state index is 0.0123. The summed E-state index contributed by atoms with van der Waals surface area (Å²) in [5, 5.41) is 9.49. The minimum Gasteiger partial charge on any atom is -0.478 e. The second-order valence-corrected chi connectivity index (χ2v) is 10.2. The van der Waals surface area contributed by atoms with Gasteiger partial charge in [0.15, 0.2) is 0 Å². The Morgan fingerprint density at radius 2 is 1.85 bits per heavy atom. The summed E-state index contributed by atoms with van der Waals surface area (Å²) in [6.07, 6.45) is 0.982. The van der Waals surface area contributed by atoms with Crippen LogP contribution >= 0.6 is 0 Å². The van der Waals surface area contributed by atoms with E-state index in [0.29, 0.717) is 58.3 Å². The van der Waals surface area contributed by atoms with Crippen molar-refractivity contribution in [2.24, 2.45) is 0 Å². The maximum atomic E-state index is 15.5. The van der Waals surface area contributed by atoms with Crippen molar-refractivity contribution >= 4 is 17.0 Å². The van der Waals surface area contributed by atoms with Crippen LogP contribution in [-0.2, 0) is 17.8 Å². The maximum Gasteiger partial charge on any atom is 0.335 e. The van der Waals surface area contributed by atoms with Crippen molar-refractivity contribution in [2.45, 2.75) is 32.4 Å². The number of halogens is 2. The highest BCUT2D eigenvalue weighted by atomic mass is 19.1. The topological polar surface area (TPSA) is 86.5 Å². The fourth-order valence-corrected chi connectivity index (χ4v) is 5.13. The van der Waals surface area contributed by atoms with Crippen LogP contribution in [-0.4, -0.2) is 38.8 Å². The van der Waals surface area contributed by atoms with Crippen molar-refractivity contribution in [3.05, 3.63) is 113 Å². The Bertz CT molecular complexity index is 1760. The number of hydrogen-bond acceptors (Lipinski definition) is 5. The lowest BCUT2D eigenvalue weighted by molar-refractivity contribution is 0.0697. The highest BCUT2D eigenvalue weighted by molar-refractivity contribution is 5.92. The van der Waals surface area contributed by atoms with Gasteiger partial charge in [-0.2, -0.15) is 0 Å². The van der Waals surface area contributed by atoms with Gasteiger partial charge in [-0.3, -0.25) is 0 Å². The molecule has 0 spiro atoms. The van der Waals surface area contributed by atoms with Crippen molar-refractivity contribution in [3.8, 4) is 17.1 Å². The number of pyridine rings is 1.